The molecule has 27 heavy (non-hydrogen) atoms. The molecule has 1 saturated heterocycles. The number of halogens is 1. The van der Waals surface area contributed by atoms with E-state index >= 15 is 0 Å². The molecular formula is C21H30ClNO4. The summed E-state index contributed by atoms with van der Waals surface area (Å²) in [6.07, 6.45) is 3.19. The molecule has 3 rings (SSSR count). The van der Waals surface area contributed by atoms with Crippen LogP contribution in [0.2, 0.25) is 5.02 Å². The Hall–Kier alpha value is -1.30. The van der Waals surface area contributed by atoms with Crippen LogP contribution in [-0.4, -0.2) is 49.7 Å². The quantitative estimate of drug-likeness (QED) is 0.734. The number of fused-ring (bicyclic) bond motifs is 1. The van der Waals surface area contributed by atoms with Crippen LogP contribution in [0.15, 0.2) is 18.2 Å². The van der Waals surface area contributed by atoms with Gasteiger partial charge < -0.3 is 19.1 Å². The van der Waals surface area contributed by atoms with E-state index in [9.17, 15) is 4.79 Å². The zero-order chi connectivity index (χ0) is 19.7. The second kappa shape index (κ2) is 7.98. The molecule has 0 aromatic heterocycles. The van der Waals surface area contributed by atoms with Gasteiger partial charge in [-0.2, -0.15) is 0 Å². The first kappa shape index (κ1) is 20.4. The Morgan fingerprint density at radius 2 is 2.04 bits per heavy atom. The van der Waals surface area contributed by atoms with E-state index in [4.69, 9.17) is 25.8 Å². The number of aryl methyl sites for hydroxylation is 1. The Balaban J connectivity index is 1.79. The Kier molecular flexibility index (Phi) is 6.04. The largest absolute Gasteiger partial charge is 0.444 e. The minimum Gasteiger partial charge on any atom is -0.444 e. The fourth-order valence-corrected chi connectivity index (χ4v) is 4.32. The molecule has 1 atom stereocenters. The van der Waals surface area contributed by atoms with Crippen molar-refractivity contribution in [1.82, 2.24) is 4.90 Å². The molecule has 0 bridgehead atoms. The highest BCUT2D eigenvalue weighted by Gasteiger charge is 2.41. The molecule has 0 spiro atoms. The summed E-state index contributed by atoms with van der Waals surface area (Å²) in [7, 11) is 1.81. The van der Waals surface area contributed by atoms with E-state index in [1.807, 2.05) is 33.9 Å². The number of rotatable bonds is 5. The van der Waals surface area contributed by atoms with Crippen molar-refractivity contribution >= 4 is 17.7 Å². The van der Waals surface area contributed by atoms with Gasteiger partial charge in [0.2, 0.25) is 0 Å². The minimum atomic E-state index is -0.509. The van der Waals surface area contributed by atoms with Gasteiger partial charge in [-0.05, 0) is 69.7 Å². The van der Waals surface area contributed by atoms with Gasteiger partial charge in [0.1, 0.15) is 5.60 Å². The van der Waals surface area contributed by atoms with Crippen molar-refractivity contribution in [3.63, 3.8) is 0 Å². The maximum Gasteiger partial charge on any atom is 0.410 e. The molecule has 5 nitrogen and oxygen atoms in total. The zero-order valence-corrected chi connectivity index (χ0v) is 17.5. The third-order valence-corrected chi connectivity index (χ3v) is 5.54. The summed E-state index contributed by atoms with van der Waals surface area (Å²) in [5.74, 6) is 0. The van der Waals surface area contributed by atoms with Gasteiger partial charge in [-0.3, -0.25) is 0 Å². The summed E-state index contributed by atoms with van der Waals surface area (Å²) in [4.78, 5) is 14.2. The molecule has 150 valence electrons. The summed E-state index contributed by atoms with van der Waals surface area (Å²) in [6.45, 7) is 7.56. The molecule has 1 fully saturated rings. The monoisotopic (exact) mass is 395 g/mol. The number of ether oxygens (including phenoxy) is 3. The highest BCUT2D eigenvalue weighted by molar-refractivity contribution is 6.30. The van der Waals surface area contributed by atoms with Gasteiger partial charge in [0.15, 0.2) is 6.29 Å². The van der Waals surface area contributed by atoms with E-state index in [-0.39, 0.29) is 17.8 Å². The van der Waals surface area contributed by atoms with E-state index < -0.39 is 5.60 Å². The fraction of sp³-hybridized carbons (Fsp3) is 0.667. The first-order valence-corrected chi connectivity index (χ1v) is 10.0. The molecule has 1 heterocycles. The molecule has 1 unspecified atom stereocenters. The van der Waals surface area contributed by atoms with Crippen LogP contribution in [-0.2, 0) is 26.0 Å². The van der Waals surface area contributed by atoms with E-state index in [1.165, 1.54) is 11.1 Å². The number of likely N-dealkylation sites (N-methyl/N-ethyl adjacent to an activating group) is 1. The smallest absolute Gasteiger partial charge is 0.410 e. The van der Waals surface area contributed by atoms with E-state index in [0.29, 0.717) is 19.8 Å². The average Bonchev–Trinajstić information content (AvgIpc) is 3.20. The predicted molar refractivity (Wildman–Crippen MR) is 105 cm³/mol. The predicted octanol–water partition coefficient (Wildman–Crippen LogP) is 4.54. The lowest BCUT2D eigenvalue weighted by Crippen LogP contribution is -2.43. The number of amides is 1. The molecule has 1 aromatic rings. The number of carbonyl (C=O) groups is 1. The van der Waals surface area contributed by atoms with Crippen molar-refractivity contribution in [2.45, 2.75) is 63.8 Å². The molecular weight excluding hydrogens is 366 g/mol. The summed E-state index contributed by atoms with van der Waals surface area (Å²) >= 11 is 6.20. The second-order valence-corrected chi connectivity index (χ2v) is 9.06. The second-order valence-electron chi connectivity index (χ2n) is 8.63. The van der Waals surface area contributed by atoms with Crippen molar-refractivity contribution in [2.24, 2.45) is 0 Å². The Morgan fingerprint density at radius 3 is 2.70 bits per heavy atom. The number of hydrogen-bond acceptors (Lipinski definition) is 4. The fourth-order valence-electron chi connectivity index (χ4n) is 4.12. The van der Waals surface area contributed by atoms with E-state index in [1.54, 1.807) is 4.90 Å². The van der Waals surface area contributed by atoms with Gasteiger partial charge in [-0.25, -0.2) is 4.79 Å². The van der Waals surface area contributed by atoms with Crippen LogP contribution in [0.5, 0.6) is 0 Å². The van der Waals surface area contributed by atoms with Crippen LogP contribution in [0.1, 0.15) is 51.2 Å². The topological polar surface area (TPSA) is 48.0 Å². The van der Waals surface area contributed by atoms with Gasteiger partial charge in [0, 0.05) is 24.0 Å². The van der Waals surface area contributed by atoms with Crippen molar-refractivity contribution in [3.8, 4) is 0 Å². The first-order chi connectivity index (χ1) is 12.7. The maximum atomic E-state index is 12.5. The van der Waals surface area contributed by atoms with Crippen molar-refractivity contribution in [3.05, 3.63) is 34.3 Å². The average molecular weight is 396 g/mol. The van der Waals surface area contributed by atoms with E-state index in [2.05, 4.69) is 12.1 Å². The van der Waals surface area contributed by atoms with Crippen LogP contribution >= 0.6 is 11.6 Å². The van der Waals surface area contributed by atoms with Crippen LogP contribution in [0.4, 0.5) is 4.79 Å². The van der Waals surface area contributed by atoms with Crippen molar-refractivity contribution in [1.29, 1.82) is 0 Å². The van der Waals surface area contributed by atoms with Gasteiger partial charge in [0.25, 0.3) is 0 Å². The zero-order valence-electron chi connectivity index (χ0n) is 16.7. The molecule has 0 saturated carbocycles. The first-order valence-electron chi connectivity index (χ1n) is 9.65. The summed E-state index contributed by atoms with van der Waals surface area (Å²) in [6, 6.07) is 6.11. The number of carbonyl (C=O) groups excluding carboxylic acids is 1. The normalized spacial score (nSPS) is 22.7. The molecule has 1 aliphatic carbocycles. The lowest BCUT2D eigenvalue weighted by Gasteiger charge is -2.36. The summed E-state index contributed by atoms with van der Waals surface area (Å²) in [5, 5.41) is 0.757. The summed E-state index contributed by atoms with van der Waals surface area (Å²) in [5.41, 5.74) is 1.90. The molecule has 1 aliphatic heterocycles. The molecule has 1 aromatic carbocycles. The SMILES string of the molecule is CN(CC1(CCC2OCCO2)CCc2cc(Cl)ccc21)C(=O)OC(C)(C)C. The van der Waals surface area contributed by atoms with Crippen LogP contribution in [0.3, 0.4) is 0 Å². The lowest BCUT2D eigenvalue weighted by atomic mass is 9.77. The van der Waals surface area contributed by atoms with Crippen LogP contribution < -0.4 is 0 Å². The number of benzene rings is 1. The molecule has 6 heteroatoms. The molecule has 2 aliphatic rings. The van der Waals surface area contributed by atoms with Gasteiger partial charge >= 0.3 is 6.09 Å². The van der Waals surface area contributed by atoms with Crippen LogP contribution in [0, 0.1) is 0 Å². The van der Waals surface area contributed by atoms with Crippen molar-refractivity contribution < 1.29 is 19.0 Å². The number of hydrogen-bond donors (Lipinski definition) is 0. The van der Waals surface area contributed by atoms with E-state index in [0.717, 1.165) is 30.7 Å². The highest BCUT2D eigenvalue weighted by atomic mass is 35.5. The Morgan fingerprint density at radius 1 is 1.33 bits per heavy atom. The maximum absolute atomic E-state index is 12.5. The highest BCUT2D eigenvalue weighted by Crippen LogP contribution is 2.44. The standard InChI is InChI=1S/C21H30ClNO4/c1-20(2,3)27-19(24)23(4)14-21(10-8-18-25-11-12-26-18)9-7-15-13-16(22)5-6-17(15)21/h5-6,13,18H,7-12,14H2,1-4H3. The lowest BCUT2D eigenvalue weighted by molar-refractivity contribution is -0.0522. The minimum absolute atomic E-state index is 0.138. The third-order valence-electron chi connectivity index (χ3n) is 5.31. The molecule has 0 radical (unpaired) electrons. The molecule has 1 amide bonds. The van der Waals surface area contributed by atoms with Crippen molar-refractivity contribution in [2.75, 3.05) is 26.8 Å². The Labute approximate surface area is 166 Å². The van der Waals surface area contributed by atoms with Gasteiger partial charge in [-0.1, -0.05) is 17.7 Å². The van der Waals surface area contributed by atoms with Gasteiger partial charge in [-0.15, -0.1) is 0 Å². The third kappa shape index (κ3) is 4.95. The Bertz CT molecular complexity index is 681. The van der Waals surface area contributed by atoms with Crippen LogP contribution in [0.25, 0.3) is 0 Å². The summed E-state index contributed by atoms with van der Waals surface area (Å²) < 4.78 is 16.8. The number of nitrogens with zero attached hydrogens (tertiary/aromatic N) is 1. The molecule has 0 N–H and O–H groups in total. The van der Waals surface area contributed by atoms with Gasteiger partial charge in [0.05, 0.1) is 13.2 Å².